The van der Waals surface area contributed by atoms with Gasteiger partial charge in [0.2, 0.25) is 0 Å². The second-order valence-corrected chi connectivity index (χ2v) is 5.82. The van der Waals surface area contributed by atoms with Crippen molar-refractivity contribution in [1.29, 1.82) is 0 Å². The molecule has 1 aliphatic rings. The van der Waals surface area contributed by atoms with Crippen LogP contribution in [0.1, 0.15) is 15.9 Å². The third kappa shape index (κ3) is 3.51. The number of hydrogen-bond donors (Lipinski definition) is 0. The van der Waals surface area contributed by atoms with Crippen LogP contribution in [0.5, 0.6) is 0 Å². The molecule has 0 saturated carbocycles. The normalized spacial score (nSPS) is 16.7. The van der Waals surface area contributed by atoms with Crippen molar-refractivity contribution >= 4 is 33.4 Å². The van der Waals surface area contributed by atoms with E-state index in [2.05, 4.69) is 15.9 Å². The van der Waals surface area contributed by atoms with Gasteiger partial charge in [-0.05, 0) is 24.3 Å². The highest BCUT2D eigenvalue weighted by Crippen LogP contribution is 2.29. The molecule has 0 fully saturated rings. The number of hydrogen-bond acceptors (Lipinski definition) is 4. The molecule has 2 aromatic rings. The maximum Gasteiger partial charge on any atom is 0.339 e. The fourth-order valence-electron chi connectivity index (χ4n) is 2.27. The number of cyclic esters (lactones) is 1. The molecule has 4 nitrogen and oxygen atoms in total. The predicted molar refractivity (Wildman–Crippen MR) is 88.7 cm³/mol. The zero-order valence-electron chi connectivity index (χ0n) is 12.1. The Hall–Kier alpha value is -2.40. The third-order valence-corrected chi connectivity index (χ3v) is 4.07. The smallest absolute Gasteiger partial charge is 0.339 e. The van der Waals surface area contributed by atoms with E-state index in [-0.39, 0.29) is 6.61 Å². The van der Waals surface area contributed by atoms with Gasteiger partial charge in [0.1, 0.15) is 6.61 Å². The summed E-state index contributed by atoms with van der Waals surface area (Å²) in [6.45, 7) is -0.00653. The lowest BCUT2D eigenvalue weighted by molar-refractivity contribution is -0.139. The van der Waals surface area contributed by atoms with Crippen molar-refractivity contribution < 1.29 is 19.1 Å². The molecule has 0 amide bonds. The van der Waals surface area contributed by atoms with Gasteiger partial charge < -0.3 is 9.47 Å². The molecule has 116 valence electrons. The summed E-state index contributed by atoms with van der Waals surface area (Å²) in [5, 5.41) is 0. The van der Waals surface area contributed by atoms with Gasteiger partial charge in [-0.15, -0.1) is 0 Å². The lowest BCUT2D eigenvalue weighted by Gasteiger charge is -2.09. The minimum Gasteiger partial charge on any atom is -0.458 e. The van der Waals surface area contributed by atoms with Gasteiger partial charge >= 0.3 is 11.9 Å². The first-order valence-electron chi connectivity index (χ1n) is 7.05. The van der Waals surface area contributed by atoms with Gasteiger partial charge in [-0.25, -0.2) is 9.59 Å². The second-order valence-electron chi connectivity index (χ2n) is 4.97. The van der Waals surface area contributed by atoms with Gasteiger partial charge in [0.25, 0.3) is 0 Å². The van der Waals surface area contributed by atoms with E-state index in [4.69, 9.17) is 9.47 Å². The van der Waals surface area contributed by atoms with Crippen molar-refractivity contribution in [3.63, 3.8) is 0 Å². The van der Waals surface area contributed by atoms with E-state index in [1.165, 1.54) is 0 Å². The number of benzene rings is 2. The molecule has 1 unspecified atom stereocenters. The topological polar surface area (TPSA) is 52.6 Å². The van der Waals surface area contributed by atoms with Gasteiger partial charge in [0.05, 0.1) is 11.1 Å². The van der Waals surface area contributed by atoms with Gasteiger partial charge in [-0.2, -0.15) is 0 Å². The molecule has 1 atom stereocenters. The molecule has 0 spiro atoms. The fraction of sp³-hybridized carbons (Fsp3) is 0.111. The molecule has 1 aliphatic heterocycles. The van der Waals surface area contributed by atoms with Crippen LogP contribution >= 0.6 is 15.9 Å². The Bertz CT molecular complexity index is 768. The van der Waals surface area contributed by atoms with E-state index in [0.29, 0.717) is 11.1 Å². The summed E-state index contributed by atoms with van der Waals surface area (Å²) in [7, 11) is 0. The molecule has 1 heterocycles. The van der Waals surface area contributed by atoms with Gasteiger partial charge in [0.15, 0.2) is 6.10 Å². The highest BCUT2D eigenvalue weighted by atomic mass is 79.9. The summed E-state index contributed by atoms with van der Waals surface area (Å²) >= 11 is 3.41. The second kappa shape index (κ2) is 6.79. The molecule has 0 bridgehead atoms. The van der Waals surface area contributed by atoms with Crippen LogP contribution in [0.3, 0.4) is 0 Å². The summed E-state index contributed by atoms with van der Waals surface area (Å²) in [4.78, 5) is 23.9. The number of carbonyl (C=O) groups is 2. The molecule has 0 N–H and O–H groups in total. The van der Waals surface area contributed by atoms with Crippen molar-refractivity contribution in [2.24, 2.45) is 0 Å². The van der Waals surface area contributed by atoms with E-state index in [1.807, 2.05) is 30.3 Å². The monoisotopic (exact) mass is 372 g/mol. The van der Waals surface area contributed by atoms with Crippen molar-refractivity contribution in [2.45, 2.75) is 6.10 Å². The Kier molecular flexibility index (Phi) is 4.57. The van der Waals surface area contributed by atoms with Gasteiger partial charge in [-0.1, -0.05) is 52.3 Å². The van der Waals surface area contributed by atoms with E-state index in [0.717, 1.165) is 10.0 Å². The maximum atomic E-state index is 12.0. The average Bonchev–Trinajstić information content (AvgIpc) is 2.94. The molecule has 0 aromatic heterocycles. The lowest BCUT2D eigenvalue weighted by atomic mass is 10.1. The summed E-state index contributed by atoms with van der Waals surface area (Å²) in [6.07, 6.45) is 1.11. The standard InChI is InChI=1S/C18H13BrO4/c19-16-9-5-4-8-14(16)15-10-13(23-18(15)21)11-22-17(20)12-6-2-1-3-7-12/h1-10,13H,11H2. The van der Waals surface area contributed by atoms with Gasteiger partial charge in [0, 0.05) is 10.0 Å². The molecule has 0 radical (unpaired) electrons. The number of esters is 2. The predicted octanol–water partition coefficient (Wildman–Crippen LogP) is 3.61. The molecule has 2 aromatic carbocycles. The highest BCUT2D eigenvalue weighted by molar-refractivity contribution is 9.10. The van der Waals surface area contributed by atoms with Crippen molar-refractivity contribution in [3.8, 4) is 0 Å². The van der Waals surface area contributed by atoms with Crippen LogP contribution in [0, 0.1) is 0 Å². The number of carbonyl (C=O) groups excluding carboxylic acids is 2. The van der Waals surface area contributed by atoms with Crippen LogP contribution in [-0.2, 0) is 14.3 Å². The molecule has 3 rings (SSSR count). The zero-order valence-corrected chi connectivity index (χ0v) is 13.7. The quantitative estimate of drug-likeness (QED) is 0.769. The fourth-order valence-corrected chi connectivity index (χ4v) is 2.76. The van der Waals surface area contributed by atoms with Gasteiger partial charge in [-0.3, -0.25) is 0 Å². The van der Waals surface area contributed by atoms with E-state index in [9.17, 15) is 9.59 Å². The Morgan fingerprint density at radius 1 is 1.09 bits per heavy atom. The number of rotatable bonds is 4. The Morgan fingerprint density at radius 3 is 2.52 bits per heavy atom. The first-order valence-corrected chi connectivity index (χ1v) is 7.84. The van der Waals surface area contributed by atoms with E-state index >= 15 is 0 Å². The van der Waals surface area contributed by atoms with Crippen LogP contribution in [0.4, 0.5) is 0 Å². The average molecular weight is 373 g/mol. The van der Waals surface area contributed by atoms with E-state index in [1.54, 1.807) is 30.3 Å². The van der Waals surface area contributed by atoms with Crippen LogP contribution in [-0.4, -0.2) is 24.6 Å². The molecular weight excluding hydrogens is 360 g/mol. The summed E-state index contributed by atoms with van der Waals surface area (Å²) < 4.78 is 11.3. The van der Waals surface area contributed by atoms with Crippen molar-refractivity contribution in [2.75, 3.05) is 6.61 Å². The largest absolute Gasteiger partial charge is 0.458 e. The SMILES string of the molecule is O=C1OC(COC(=O)c2ccccc2)C=C1c1ccccc1Br. The molecule has 0 saturated heterocycles. The first-order chi connectivity index (χ1) is 11.1. The number of ether oxygens (including phenoxy) is 2. The zero-order chi connectivity index (χ0) is 16.2. The Balaban J connectivity index is 1.68. The minimum absolute atomic E-state index is 0.00653. The molecular formula is C18H13BrO4. The Labute approximate surface area is 141 Å². The summed E-state index contributed by atoms with van der Waals surface area (Å²) in [6, 6.07) is 16.1. The molecule has 23 heavy (non-hydrogen) atoms. The van der Waals surface area contributed by atoms with Crippen LogP contribution in [0.25, 0.3) is 5.57 Å². The summed E-state index contributed by atoms with van der Waals surface area (Å²) in [5.74, 6) is -0.859. The Morgan fingerprint density at radius 2 is 1.78 bits per heavy atom. The van der Waals surface area contributed by atoms with Crippen LogP contribution in [0.15, 0.2) is 65.1 Å². The lowest BCUT2D eigenvalue weighted by Crippen LogP contribution is -2.18. The highest BCUT2D eigenvalue weighted by Gasteiger charge is 2.28. The van der Waals surface area contributed by atoms with Crippen molar-refractivity contribution in [1.82, 2.24) is 0 Å². The van der Waals surface area contributed by atoms with Crippen molar-refractivity contribution in [3.05, 3.63) is 76.3 Å². The maximum absolute atomic E-state index is 12.0. The van der Waals surface area contributed by atoms with Crippen LogP contribution < -0.4 is 0 Å². The first kappa shape index (κ1) is 15.5. The van der Waals surface area contributed by atoms with E-state index < -0.39 is 18.0 Å². The minimum atomic E-state index is -0.572. The molecule has 5 heteroatoms. The molecule has 0 aliphatic carbocycles. The van der Waals surface area contributed by atoms with Crippen LogP contribution in [0.2, 0.25) is 0 Å². The summed E-state index contributed by atoms with van der Waals surface area (Å²) in [5.41, 5.74) is 1.69. The third-order valence-electron chi connectivity index (χ3n) is 3.38. The number of halogens is 1.